The van der Waals surface area contributed by atoms with Gasteiger partial charge in [-0.3, -0.25) is 0 Å². The predicted octanol–water partition coefficient (Wildman–Crippen LogP) is 5.08. The number of hydrogen-bond acceptors (Lipinski definition) is 2. The molecule has 0 saturated carbocycles. The Bertz CT molecular complexity index is 593. The molecule has 0 bridgehead atoms. The van der Waals surface area contributed by atoms with Gasteiger partial charge in [0.2, 0.25) is 5.89 Å². The van der Waals surface area contributed by atoms with Crippen LogP contribution < -0.4 is 0 Å². The SMILES string of the molecule is C=Cc1c(Cl)cc2nc(C(C)(C)C)oc2c1Cl. The number of benzene rings is 1. The van der Waals surface area contributed by atoms with Crippen LogP contribution in [0.15, 0.2) is 17.1 Å². The highest BCUT2D eigenvalue weighted by Gasteiger charge is 2.23. The molecule has 0 atom stereocenters. The summed E-state index contributed by atoms with van der Waals surface area (Å²) in [5.74, 6) is 0.645. The second kappa shape index (κ2) is 4.04. The number of hydrogen-bond donors (Lipinski definition) is 0. The number of oxazole rings is 1. The zero-order valence-electron chi connectivity index (χ0n) is 9.97. The molecule has 0 amide bonds. The average molecular weight is 270 g/mol. The fourth-order valence-corrected chi connectivity index (χ4v) is 2.16. The standard InChI is InChI=1S/C13H13Cl2NO/c1-5-7-8(14)6-9-11(10(7)15)17-12(16-9)13(2,3)4/h5-6H,1H2,2-4H3. The number of aromatic nitrogens is 1. The third-order valence-electron chi connectivity index (χ3n) is 2.46. The third-order valence-corrected chi connectivity index (χ3v) is 3.14. The minimum Gasteiger partial charge on any atom is -0.439 e. The van der Waals surface area contributed by atoms with Gasteiger partial charge in [-0.1, -0.05) is 56.6 Å². The van der Waals surface area contributed by atoms with Gasteiger partial charge in [0.05, 0.1) is 10.0 Å². The minimum absolute atomic E-state index is 0.164. The minimum atomic E-state index is -0.164. The molecule has 1 aromatic carbocycles. The second-order valence-electron chi connectivity index (χ2n) is 4.91. The summed E-state index contributed by atoms with van der Waals surface area (Å²) in [6.45, 7) is 9.77. The normalized spacial score (nSPS) is 12.1. The Balaban J connectivity index is 2.78. The van der Waals surface area contributed by atoms with Crippen molar-refractivity contribution in [1.29, 1.82) is 0 Å². The van der Waals surface area contributed by atoms with Crippen LogP contribution in [0.3, 0.4) is 0 Å². The van der Waals surface area contributed by atoms with Gasteiger partial charge in [0.25, 0.3) is 0 Å². The maximum Gasteiger partial charge on any atom is 0.200 e. The van der Waals surface area contributed by atoms with Gasteiger partial charge in [-0.15, -0.1) is 0 Å². The predicted molar refractivity (Wildman–Crippen MR) is 72.8 cm³/mol. The van der Waals surface area contributed by atoms with E-state index in [4.69, 9.17) is 27.6 Å². The fourth-order valence-electron chi connectivity index (χ4n) is 1.52. The molecule has 2 rings (SSSR count). The summed E-state index contributed by atoms with van der Waals surface area (Å²) in [7, 11) is 0. The first-order chi connectivity index (χ1) is 7.84. The topological polar surface area (TPSA) is 26.0 Å². The molecule has 1 aromatic heterocycles. The van der Waals surface area contributed by atoms with E-state index in [1.54, 1.807) is 12.1 Å². The molecule has 4 heteroatoms. The molecule has 17 heavy (non-hydrogen) atoms. The first-order valence-corrected chi connectivity index (χ1v) is 6.01. The molecule has 0 spiro atoms. The Hall–Kier alpha value is -0.990. The van der Waals surface area contributed by atoms with E-state index >= 15 is 0 Å². The Morgan fingerprint density at radius 1 is 1.35 bits per heavy atom. The van der Waals surface area contributed by atoms with E-state index < -0.39 is 0 Å². The lowest BCUT2D eigenvalue weighted by Gasteiger charge is -2.11. The van der Waals surface area contributed by atoms with Crippen LogP contribution in [0.4, 0.5) is 0 Å². The summed E-state index contributed by atoms with van der Waals surface area (Å²) in [5, 5.41) is 0.997. The van der Waals surface area contributed by atoms with Crippen molar-refractivity contribution in [2.24, 2.45) is 0 Å². The van der Waals surface area contributed by atoms with E-state index in [0.717, 1.165) is 0 Å². The van der Waals surface area contributed by atoms with Crippen LogP contribution in [-0.4, -0.2) is 4.98 Å². The van der Waals surface area contributed by atoms with Crippen LogP contribution in [0.1, 0.15) is 32.2 Å². The zero-order valence-corrected chi connectivity index (χ0v) is 11.5. The van der Waals surface area contributed by atoms with Gasteiger partial charge in [0.1, 0.15) is 5.52 Å². The molecule has 0 radical (unpaired) electrons. The monoisotopic (exact) mass is 269 g/mol. The van der Waals surface area contributed by atoms with Gasteiger partial charge in [0, 0.05) is 11.0 Å². The van der Waals surface area contributed by atoms with Crippen molar-refractivity contribution in [1.82, 2.24) is 4.98 Å². The molecule has 0 aliphatic rings. The van der Waals surface area contributed by atoms with Gasteiger partial charge in [-0.05, 0) is 6.07 Å². The van der Waals surface area contributed by atoms with E-state index in [1.165, 1.54) is 0 Å². The summed E-state index contributed by atoms with van der Waals surface area (Å²) in [5.41, 5.74) is 1.76. The molecule has 2 nitrogen and oxygen atoms in total. The van der Waals surface area contributed by atoms with Crippen molar-refractivity contribution in [2.45, 2.75) is 26.2 Å². The number of fused-ring (bicyclic) bond motifs is 1. The molecule has 0 aliphatic heterocycles. The van der Waals surface area contributed by atoms with Crippen LogP contribution in [0.25, 0.3) is 17.2 Å². The van der Waals surface area contributed by atoms with Crippen LogP contribution in [0.5, 0.6) is 0 Å². The molecular weight excluding hydrogens is 257 g/mol. The van der Waals surface area contributed by atoms with Gasteiger partial charge < -0.3 is 4.42 Å². The summed E-state index contributed by atoms with van der Waals surface area (Å²) in [6, 6.07) is 1.75. The first-order valence-electron chi connectivity index (χ1n) is 5.26. The zero-order chi connectivity index (χ0) is 12.8. The third kappa shape index (κ3) is 2.07. The lowest BCUT2D eigenvalue weighted by Crippen LogP contribution is -2.10. The molecule has 0 aliphatic carbocycles. The van der Waals surface area contributed by atoms with Crippen molar-refractivity contribution >= 4 is 40.4 Å². The van der Waals surface area contributed by atoms with Gasteiger partial charge in [-0.25, -0.2) is 4.98 Å². The van der Waals surface area contributed by atoms with Crippen molar-refractivity contribution in [3.8, 4) is 0 Å². The molecule has 0 fully saturated rings. The molecule has 2 aromatic rings. The highest BCUT2D eigenvalue weighted by molar-refractivity contribution is 6.40. The molecule has 0 unspecified atom stereocenters. The van der Waals surface area contributed by atoms with Gasteiger partial charge in [-0.2, -0.15) is 0 Å². The Kier molecular flexibility index (Phi) is 2.96. The number of halogens is 2. The smallest absolute Gasteiger partial charge is 0.200 e. The fraction of sp³-hybridized carbons (Fsp3) is 0.308. The highest BCUT2D eigenvalue weighted by Crippen LogP contribution is 2.36. The molecule has 0 N–H and O–H groups in total. The van der Waals surface area contributed by atoms with Gasteiger partial charge in [0.15, 0.2) is 5.58 Å². The first kappa shape index (κ1) is 12.5. The number of rotatable bonds is 1. The van der Waals surface area contributed by atoms with E-state index in [9.17, 15) is 0 Å². The van der Waals surface area contributed by atoms with Crippen molar-refractivity contribution < 1.29 is 4.42 Å². The maximum atomic E-state index is 6.22. The number of nitrogens with zero attached hydrogens (tertiary/aromatic N) is 1. The van der Waals surface area contributed by atoms with Crippen LogP contribution in [0, 0.1) is 0 Å². The Morgan fingerprint density at radius 2 is 2.00 bits per heavy atom. The van der Waals surface area contributed by atoms with E-state index in [0.29, 0.717) is 32.6 Å². The maximum absolute atomic E-state index is 6.22. The summed E-state index contributed by atoms with van der Waals surface area (Å²) in [4.78, 5) is 4.41. The van der Waals surface area contributed by atoms with Crippen LogP contribution in [0.2, 0.25) is 10.0 Å². The second-order valence-corrected chi connectivity index (χ2v) is 5.69. The quantitative estimate of drug-likeness (QED) is 0.722. The highest BCUT2D eigenvalue weighted by atomic mass is 35.5. The molecule has 90 valence electrons. The molecule has 0 saturated heterocycles. The van der Waals surface area contributed by atoms with Crippen LogP contribution in [-0.2, 0) is 5.41 Å². The van der Waals surface area contributed by atoms with E-state index in [2.05, 4.69) is 11.6 Å². The average Bonchev–Trinajstić information content (AvgIpc) is 2.61. The lowest BCUT2D eigenvalue weighted by molar-refractivity contribution is 0.411. The largest absolute Gasteiger partial charge is 0.439 e. The molecular formula is C13H13Cl2NO. The summed E-state index contributed by atoms with van der Waals surface area (Å²) < 4.78 is 5.71. The van der Waals surface area contributed by atoms with E-state index in [-0.39, 0.29) is 5.41 Å². The van der Waals surface area contributed by atoms with Crippen molar-refractivity contribution in [2.75, 3.05) is 0 Å². The molecule has 1 heterocycles. The van der Waals surface area contributed by atoms with E-state index in [1.807, 2.05) is 20.8 Å². The van der Waals surface area contributed by atoms with Crippen molar-refractivity contribution in [3.05, 3.63) is 34.1 Å². The summed E-state index contributed by atoms with van der Waals surface area (Å²) >= 11 is 12.3. The summed E-state index contributed by atoms with van der Waals surface area (Å²) in [6.07, 6.45) is 1.61. The van der Waals surface area contributed by atoms with Crippen molar-refractivity contribution in [3.63, 3.8) is 0 Å². The Labute approximate surface area is 110 Å². The van der Waals surface area contributed by atoms with Gasteiger partial charge >= 0.3 is 0 Å². The lowest BCUT2D eigenvalue weighted by atomic mass is 9.97. The van der Waals surface area contributed by atoms with Crippen LogP contribution >= 0.6 is 23.2 Å². The Morgan fingerprint density at radius 3 is 2.53 bits per heavy atom.